The van der Waals surface area contributed by atoms with Gasteiger partial charge in [0, 0.05) is 11.1 Å². The smallest absolute Gasteiger partial charge is 0.154 e. The summed E-state index contributed by atoms with van der Waals surface area (Å²) in [7, 11) is 0. The number of fused-ring (bicyclic) bond motifs is 3. The summed E-state index contributed by atoms with van der Waals surface area (Å²) in [6.45, 7) is 4.13. The summed E-state index contributed by atoms with van der Waals surface area (Å²) >= 11 is 0. The SMILES string of the molecule is Cc1cc(C(=N)N=C(N)c2ccccc2)cc(-c2cc3ccccc3c3ccccc23)c1.Cc1ccccc1. The maximum absolute atomic E-state index is 8.59. The van der Waals surface area contributed by atoms with Gasteiger partial charge in [0.25, 0.3) is 0 Å². The molecule has 190 valence electrons. The molecule has 0 aromatic heterocycles. The molecule has 3 N–H and O–H groups in total. The highest BCUT2D eigenvalue weighted by molar-refractivity contribution is 6.14. The summed E-state index contributed by atoms with van der Waals surface area (Å²) in [5.41, 5.74) is 12.3. The van der Waals surface area contributed by atoms with Crippen LogP contribution in [0.5, 0.6) is 0 Å². The van der Waals surface area contributed by atoms with Crippen LogP contribution in [-0.4, -0.2) is 11.7 Å². The largest absolute Gasteiger partial charge is 0.383 e. The molecule has 0 atom stereocenters. The Kier molecular flexibility index (Phi) is 7.60. The number of hydrogen-bond donors (Lipinski definition) is 2. The molecule has 0 radical (unpaired) electrons. The monoisotopic (exact) mass is 505 g/mol. The zero-order valence-corrected chi connectivity index (χ0v) is 22.2. The second-order valence-electron chi connectivity index (χ2n) is 9.64. The van der Waals surface area contributed by atoms with E-state index in [4.69, 9.17) is 11.1 Å². The number of aryl methyl sites for hydroxylation is 2. The second kappa shape index (κ2) is 11.6. The number of hydrogen-bond acceptors (Lipinski definition) is 1. The lowest BCUT2D eigenvalue weighted by molar-refractivity contribution is 1.37. The van der Waals surface area contributed by atoms with Gasteiger partial charge in [0.1, 0.15) is 5.84 Å². The first-order valence-electron chi connectivity index (χ1n) is 13.0. The molecule has 0 saturated carbocycles. The Morgan fingerprint density at radius 1 is 0.564 bits per heavy atom. The molecule has 3 nitrogen and oxygen atoms in total. The van der Waals surface area contributed by atoms with E-state index in [9.17, 15) is 0 Å². The van der Waals surface area contributed by atoms with E-state index < -0.39 is 0 Å². The zero-order valence-electron chi connectivity index (χ0n) is 22.2. The maximum Gasteiger partial charge on any atom is 0.154 e. The fraction of sp³-hybridized carbons (Fsp3) is 0.0556. The lowest BCUT2D eigenvalue weighted by atomic mass is 9.91. The molecular formula is C36H31N3. The molecular weight excluding hydrogens is 474 g/mol. The Bertz CT molecular complexity index is 1790. The van der Waals surface area contributed by atoms with Crippen LogP contribution in [0.15, 0.2) is 138 Å². The van der Waals surface area contributed by atoms with Gasteiger partial charge in [0.05, 0.1) is 0 Å². The van der Waals surface area contributed by atoms with E-state index in [0.717, 1.165) is 27.8 Å². The molecule has 3 heteroatoms. The van der Waals surface area contributed by atoms with Crippen molar-refractivity contribution in [1.29, 1.82) is 5.41 Å². The number of nitrogens with zero attached hydrogens (tertiary/aromatic N) is 1. The Balaban J connectivity index is 0.000000384. The highest BCUT2D eigenvalue weighted by Gasteiger charge is 2.11. The molecule has 0 heterocycles. The molecule has 0 aliphatic heterocycles. The predicted octanol–water partition coefficient (Wildman–Crippen LogP) is 8.69. The van der Waals surface area contributed by atoms with Gasteiger partial charge in [-0.15, -0.1) is 0 Å². The van der Waals surface area contributed by atoms with E-state index in [1.807, 2.05) is 67.6 Å². The first-order valence-corrected chi connectivity index (χ1v) is 13.0. The van der Waals surface area contributed by atoms with Crippen molar-refractivity contribution in [2.24, 2.45) is 10.7 Å². The van der Waals surface area contributed by atoms with Gasteiger partial charge in [-0.2, -0.15) is 0 Å². The average Bonchev–Trinajstić information content (AvgIpc) is 2.97. The van der Waals surface area contributed by atoms with Crippen LogP contribution in [-0.2, 0) is 0 Å². The van der Waals surface area contributed by atoms with Gasteiger partial charge in [-0.3, -0.25) is 5.41 Å². The minimum absolute atomic E-state index is 0.154. The van der Waals surface area contributed by atoms with Crippen molar-refractivity contribution in [2.45, 2.75) is 13.8 Å². The quantitative estimate of drug-likeness (QED) is 0.141. The van der Waals surface area contributed by atoms with E-state index in [1.165, 1.54) is 27.1 Å². The van der Waals surface area contributed by atoms with Crippen LogP contribution in [0, 0.1) is 19.3 Å². The molecule has 0 unspecified atom stereocenters. The minimum atomic E-state index is 0.154. The predicted molar refractivity (Wildman–Crippen MR) is 167 cm³/mol. The normalized spacial score (nSPS) is 11.2. The van der Waals surface area contributed by atoms with Crippen molar-refractivity contribution >= 4 is 33.2 Å². The van der Waals surface area contributed by atoms with Gasteiger partial charge in [0.2, 0.25) is 0 Å². The fourth-order valence-electron chi connectivity index (χ4n) is 4.76. The first-order chi connectivity index (χ1) is 19.0. The molecule has 0 amide bonds. The van der Waals surface area contributed by atoms with E-state index in [1.54, 1.807) is 0 Å². The van der Waals surface area contributed by atoms with Crippen molar-refractivity contribution in [3.8, 4) is 11.1 Å². The molecule has 39 heavy (non-hydrogen) atoms. The number of nitrogens with two attached hydrogens (primary N) is 1. The van der Waals surface area contributed by atoms with Gasteiger partial charge in [-0.1, -0.05) is 121 Å². The Labute approximate surface area is 229 Å². The number of aliphatic imine (C=N–C) groups is 1. The lowest BCUT2D eigenvalue weighted by Gasteiger charge is -2.13. The highest BCUT2D eigenvalue weighted by Crippen LogP contribution is 2.35. The summed E-state index contributed by atoms with van der Waals surface area (Å²) in [6.07, 6.45) is 0. The molecule has 0 saturated heterocycles. The van der Waals surface area contributed by atoms with Gasteiger partial charge in [0.15, 0.2) is 5.84 Å². The molecule has 6 rings (SSSR count). The van der Waals surface area contributed by atoms with Crippen LogP contribution >= 0.6 is 0 Å². The van der Waals surface area contributed by atoms with Crippen LogP contribution in [0.2, 0.25) is 0 Å². The van der Waals surface area contributed by atoms with Gasteiger partial charge < -0.3 is 5.73 Å². The van der Waals surface area contributed by atoms with Crippen molar-refractivity contribution in [2.75, 3.05) is 0 Å². The fourth-order valence-corrected chi connectivity index (χ4v) is 4.76. The van der Waals surface area contributed by atoms with Gasteiger partial charge in [-0.25, -0.2) is 4.99 Å². The van der Waals surface area contributed by atoms with Crippen molar-refractivity contribution in [3.63, 3.8) is 0 Å². The summed E-state index contributed by atoms with van der Waals surface area (Å²) in [6, 6.07) is 45.2. The lowest BCUT2D eigenvalue weighted by Crippen LogP contribution is -2.15. The Morgan fingerprint density at radius 2 is 1.15 bits per heavy atom. The number of benzene rings is 6. The second-order valence-corrected chi connectivity index (χ2v) is 9.64. The molecule has 0 aliphatic carbocycles. The Morgan fingerprint density at radius 3 is 1.82 bits per heavy atom. The van der Waals surface area contributed by atoms with E-state index in [2.05, 4.69) is 84.7 Å². The van der Waals surface area contributed by atoms with Gasteiger partial charge >= 0.3 is 0 Å². The van der Waals surface area contributed by atoms with Crippen LogP contribution in [0.1, 0.15) is 22.3 Å². The van der Waals surface area contributed by atoms with Crippen molar-refractivity contribution < 1.29 is 0 Å². The third kappa shape index (κ3) is 5.94. The molecule has 0 aliphatic rings. The zero-order chi connectivity index (χ0) is 27.2. The van der Waals surface area contributed by atoms with Crippen LogP contribution < -0.4 is 5.73 Å². The third-order valence-corrected chi connectivity index (χ3v) is 6.67. The van der Waals surface area contributed by atoms with Crippen LogP contribution in [0.25, 0.3) is 32.7 Å². The highest BCUT2D eigenvalue weighted by atomic mass is 14.9. The summed E-state index contributed by atoms with van der Waals surface area (Å²) in [4.78, 5) is 4.38. The summed E-state index contributed by atoms with van der Waals surface area (Å²) in [5.74, 6) is 0.496. The molecule has 6 aromatic rings. The molecule has 0 bridgehead atoms. The summed E-state index contributed by atoms with van der Waals surface area (Å²) in [5, 5.41) is 13.5. The standard InChI is InChI=1S/C29H23N3.C7H8/c1-19-15-22(17-23(16-19)29(31)32-28(30)20-9-3-2-4-10-20)27-18-21-11-5-6-12-24(21)25-13-7-8-14-26(25)27;1-7-5-3-2-4-6-7/h2-18H,1H3,(H3,30,31,32);2-6H,1H3. The number of nitrogens with one attached hydrogen (secondary N) is 1. The van der Waals surface area contributed by atoms with E-state index >= 15 is 0 Å². The van der Waals surface area contributed by atoms with Crippen molar-refractivity contribution in [3.05, 3.63) is 156 Å². The van der Waals surface area contributed by atoms with Crippen LogP contribution in [0.4, 0.5) is 0 Å². The van der Waals surface area contributed by atoms with E-state index in [-0.39, 0.29) is 5.84 Å². The van der Waals surface area contributed by atoms with E-state index in [0.29, 0.717) is 5.84 Å². The molecule has 6 aromatic carbocycles. The number of amidine groups is 2. The molecule has 0 fully saturated rings. The minimum Gasteiger partial charge on any atom is -0.383 e. The molecule has 0 spiro atoms. The van der Waals surface area contributed by atoms with Gasteiger partial charge in [-0.05, 0) is 70.3 Å². The van der Waals surface area contributed by atoms with Crippen molar-refractivity contribution in [1.82, 2.24) is 0 Å². The average molecular weight is 506 g/mol. The maximum atomic E-state index is 8.59. The van der Waals surface area contributed by atoms with Crippen LogP contribution in [0.3, 0.4) is 0 Å². The third-order valence-electron chi connectivity index (χ3n) is 6.67. The summed E-state index contributed by atoms with van der Waals surface area (Å²) < 4.78 is 0. The Hall–Kier alpha value is -5.02. The first kappa shape index (κ1) is 25.6. The topological polar surface area (TPSA) is 62.2 Å². The number of rotatable bonds is 3.